The molecule has 7 nitrogen and oxygen atoms in total. The van der Waals surface area contributed by atoms with Gasteiger partial charge >= 0.3 is 0 Å². The Morgan fingerprint density at radius 1 is 1.19 bits per heavy atom. The van der Waals surface area contributed by atoms with Gasteiger partial charge in [-0.05, 0) is 49.7 Å². The van der Waals surface area contributed by atoms with Crippen LogP contribution in [0.2, 0.25) is 5.15 Å². The van der Waals surface area contributed by atoms with Crippen LogP contribution in [0.3, 0.4) is 0 Å². The van der Waals surface area contributed by atoms with Gasteiger partial charge in [0.05, 0.1) is 25.3 Å². The topological polar surface area (TPSA) is 98.6 Å². The lowest BCUT2D eigenvalue weighted by atomic mass is 10.0. The van der Waals surface area contributed by atoms with E-state index in [0.29, 0.717) is 29.2 Å². The summed E-state index contributed by atoms with van der Waals surface area (Å²) in [7, 11) is 0. The van der Waals surface area contributed by atoms with Crippen molar-refractivity contribution in [2.24, 2.45) is 0 Å². The molecule has 36 heavy (non-hydrogen) atoms. The molecule has 1 amide bonds. The molecule has 0 aliphatic rings. The molecule has 2 unspecified atom stereocenters. The van der Waals surface area contributed by atoms with Crippen LogP contribution in [0.25, 0.3) is 0 Å². The summed E-state index contributed by atoms with van der Waals surface area (Å²) in [5, 5.41) is 23.8. The van der Waals surface area contributed by atoms with Gasteiger partial charge < -0.3 is 20.4 Å². The number of allylic oxidation sites excluding steroid dienone is 1. The molecule has 3 aromatic rings. The average Bonchev–Trinajstić information content (AvgIpc) is 2.89. The molecule has 2 atom stereocenters. The molecule has 0 saturated carbocycles. The third-order valence-corrected chi connectivity index (χ3v) is 5.90. The molecular weight excluding hydrogens is 483 g/mol. The maximum Gasteiger partial charge on any atom is 0.254 e. The lowest BCUT2D eigenvalue weighted by Gasteiger charge is -2.22. The first-order valence-corrected chi connectivity index (χ1v) is 12.0. The van der Waals surface area contributed by atoms with Crippen molar-refractivity contribution in [3.63, 3.8) is 0 Å². The summed E-state index contributed by atoms with van der Waals surface area (Å²) in [6.07, 6.45) is 6.57. The third kappa shape index (κ3) is 7.66. The molecule has 1 aromatic carbocycles. The molecule has 0 bridgehead atoms. The molecule has 0 aliphatic carbocycles. The number of nitrogens with zero attached hydrogens (tertiary/aromatic N) is 3. The molecule has 190 valence electrons. The van der Waals surface area contributed by atoms with E-state index in [1.54, 1.807) is 42.6 Å². The number of nitrogens with one attached hydrogen (secondary N) is 1. The minimum absolute atomic E-state index is 0.0164. The van der Waals surface area contributed by atoms with Crippen molar-refractivity contribution in [2.45, 2.75) is 32.0 Å². The number of hydrogen-bond acceptors (Lipinski definition) is 6. The van der Waals surface area contributed by atoms with Gasteiger partial charge in [0.15, 0.2) is 0 Å². The summed E-state index contributed by atoms with van der Waals surface area (Å²) in [6, 6.07) is 13.4. The third-order valence-electron chi connectivity index (χ3n) is 5.68. The zero-order valence-corrected chi connectivity index (χ0v) is 20.8. The second-order valence-corrected chi connectivity index (χ2v) is 8.60. The predicted molar refractivity (Wildman–Crippen MR) is 137 cm³/mol. The lowest BCUT2D eigenvalue weighted by molar-refractivity contribution is 0.0705. The van der Waals surface area contributed by atoms with E-state index in [4.69, 9.17) is 11.6 Å². The number of pyridine rings is 2. The standard InChI is InChI=1S/C27H30ClFN4O3/c1-2-4-23(25(35)21-10-11-24(28)32-17-21)30-14-12-19-6-8-20(9-7-19)27(36)33(15-16-34)18-22-5-3-13-31-26(22)29/h2-11,13,17,23,25,30,34-35H,12,14-16,18H2,1H3. The van der Waals surface area contributed by atoms with E-state index in [-0.39, 0.29) is 37.2 Å². The fourth-order valence-corrected chi connectivity index (χ4v) is 3.87. The molecule has 0 saturated heterocycles. The quantitative estimate of drug-likeness (QED) is 0.253. The molecule has 2 aromatic heterocycles. The first kappa shape index (κ1) is 27.4. The number of carbonyl (C=O) groups is 1. The van der Waals surface area contributed by atoms with Crippen molar-refractivity contribution in [2.75, 3.05) is 19.7 Å². The summed E-state index contributed by atoms with van der Waals surface area (Å²) in [4.78, 5) is 22.0. The number of aromatic nitrogens is 2. The highest BCUT2D eigenvalue weighted by molar-refractivity contribution is 6.29. The van der Waals surface area contributed by atoms with Crippen LogP contribution >= 0.6 is 11.6 Å². The number of hydrogen-bond donors (Lipinski definition) is 3. The number of aliphatic hydroxyl groups excluding tert-OH is 2. The van der Waals surface area contributed by atoms with Crippen molar-refractivity contribution < 1.29 is 19.4 Å². The van der Waals surface area contributed by atoms with E-state index in [0.717, 1.165) is 5.56 Å². The van der Waals surface area contributed by atoms with Crippen molar-refractivity contribution in [1.82, 2.24) is 20.2 Å². The predicted octanol–water partition coefficient (Wildman–Crippen LogP) is 3.71. The van der Waals surface area contributed by atoms with E-state index in [1.165, 1.54) is 11.1 Å². The van der Waals surface area contributed by atoms with Crippen LogP contribution in [0.4, 0.5) is 4.39 Å². The SMILES string of the molecule is CC=CC(NCCc1ccc(C(=O)N(CCO)Cc2cccnc2F)cc1)C(O)c1ccc(Cl)nc1. The molecule has 0 radical (unpaired) electrons. The number of halogens is 2. The van der Waals surface area contributed by atoms with Gasteiger partial charge in [-0.25, -0.2) is 9.97 Å². The molecular formula is C27H30ClFN4O3. The van der Waals surface area contributed by atoms with E-state index in [2.05, 4.69) is 15.3 Å². The maximum atomic E-state index is 13.9. The monoisotopic (exact) mass is 512 g/mol. The smallest absolute Gasteiger partial charge is 0.254 e. The molecule has 0 fully saturated rings. The number of carbonyl (C=O) groups excluding carboxylic acids is 1. The van der Waals surface area contributed by atoms with E-state index in [9.17, 15) is 19.4 Å². The Hall–Kier alpha value is -3.17. The van der Waals surface area contributed by atoms with Gasteiger partial charge in [-0.2, -0.15) is 4.39 Å². The van der Waals surface area contributed by atoms with E-state index in [1.807, 2.05) is 31.2 Å². The van der Waals surface area contributed by atoms with Crippen LogP contribution in [-0.2, 0) is 13.0 Å². The minimum Gasteiger partial charge on any atom is -0.395 e. The van der Waals surface area contributed by atoms with Crippen LogP contribution in [0.15, 0.2) is 73.1 Å². The Labute approximate surface area is 215 Å². The lowest BCUT2D eigenvalue weighted by Crippen LogP contribution is -2.35. The summed E-state index contributed by atoms with van der Waals surface area (Å²) in [6.45, 7) is 2.35. The van der Waals surface area contributed by atoms with Gasteiger partial charge in [-0.15, -0.1) is 0 Å². The number of aliphatic hydroxyl groups is 2. The van der Waals surface area contributed by atoms with Crippen LogP contribution in [0.1, 0.15) is 40.1 Å². The van der Waals surface area contributed by atoms with Crippen LogP contribution in [0.5, 0.6) is 0 Å². The van der Waals surface area contributed by atoms with Crippen molar-refractivity contribution >= 4 is 17.5 Å². The second kappa shape index (κ2) is 13.8. The molecule has 3 N–H and O–H groups in total. The van der Waals surface area contributed by atoms with E-state index >= 15 is 0 Å². The zero-order valence-electron chi connectivity index (χ0n) is 20.0. The highest BCUT2D eigenvalue weighted by atomic mass is 35.5. The zero-order chi connectivity index (χ0) is 25.9. The maximum absolute atomic E-state index is 13.9. The van der Waals surface area contributed by atoms with Gasteiger partial charge in [0.25, 0.3) is 5.91 Å². The molecule has 3 rings (SSSR count). The summed E-state index contributed by atoms with van der Waals surface area (Å²) >= 11 is 5.84. The van der Waals surface area contributed by atoms with Crippen molar-refractivity contribution in [3.8, 4) is 0 Å². The first-order chi connectivity index (χ1) is 17.4. The first-order valence-electron chi connectivity index (χ1n) is 11.7. The Kier molecular flexibility index (Phi) is 10.5. The van der Waals surface area contributed by atoms with Gasteiger partial charge in [-0.3, -0.25) is 4.79 Å². The van der Waals surface area contributed by atoms with Gasteiger partial charge in [-0.1, -0.05) is 48.0 Å². The van der Waals surface area contributed by atoms with Crippen LogP contribution in [-0.4, -0.2) is 56.7 Å². The number of amides is 1. The average molecular weight is 513 g/mol. The molecule has 0 aliphatic heterocycles. The minimum atomic E-state index is -0.784. The van der Waals surface area contributed by atoms with Crippen LogP contribution < -0.4 is 5.32 Å². The van der Waals surface area contributed by atoms with Gasteiger partial charge in [0, 0.05) is 35.6 Å². The summed E-state index contributed by atoms with van der Waals surface area (Å²) in [5.41, 5.74) is 2.40. The Balaban J connectivity index is 1.59. The largest absolute Gasteiger partial charge is 0.395 e. The molecule has 0 spiro atoms. The summed E-state index contributed by atoms with van der Waals surface area (Å²) < 4.78 is 13.9. The Bertz CT molecular complexity index is 1140. The van der Waals surface area contributed by atoms with Crippen molar-refractivity contribution in [3.05, 3.63) is 106 Å². The Morgan fingerprint density at radius 3 is 2.61 bits per heavy atom. The van der Waals surface area contributed by atoms with Crippen molar-refractivity contribution in [1.29, 1.82) is 0 Å². The Morgan fingerprint density at radius 2 is 1.97 bits per heavy atom. The fraction of sp³-hybridized carbons (Fsp3) is 0.296. The van der Waals surface area contributed by atoms with E-state index < -0.39 is 12.1 Å². The molecule has 9 heteroatoms. The number of benzene rings is 1. The molecule has 2 heterocycles. The highest BCUT2D eigenvalue weighted by Gasteiger charge is 2.19. The van der Waals surface area contributed by atoms with Gasteiger partial charge in [0.1, 0.15) is 5.15 Å². The fourth-order valence-electron chi connectivity index (χ4n) is 3.76. The van der Waals surface area contributed by atoms with Crippen LogP contribution in [0, 0.1) is 5.95 Å². The highest BCUT2D eigenvalue weighted by Crippen LogP contribution is 2.19. The number of rotatable bonds is 12. The summed E-state index contributed by atoms with van der Waals surface area (Å²) in [5.74, 6) is -0.936. The van der Waals surface area contributed by atoms with Gasteiger partial charge in [0.2, 0.25) is 5.95 Å². The normalized spacial score (nSPS) is 13.0. The second-order valence-electron chi connectivity index (χ2n) is 8.22.